The maximum Gasteiger partial charge on any atom is 0.255 e. The van der Waals surface area contributed by atoms with E-state index in [2.05, 4.69) is 20.3 Å². The van der Waals surface area contributed by atoms with Crippen molar-refractivity contribution in [2.75, 3.05) is 19.7 Å². The van der Waals surface area contributed by atoms with Crippen molar-refractivity contribution in [2.45, 2.75) is 58.4 Å². The van der Waals surface area contributed by atoms with Crippen LogP contribution in [0, 0.1) is 19.8 Å². The Balaban J connectivity index is 1.41. The van der Waals surface area contributed by atoms with Crippen LogP contribution in [0.15, 0.2) is 24.5 Å². The van der Waals surface area contributed by atoms with Crippen LogP contribution in [-0.2, 0) is 4.79 Å². The summed E-state index contributed by atoms with van der Waals surface area (Å²) in [6.07, 6.45) is 1.40. The zero-order valence-electron chi connectivity index (χ0n) is 21.3. The Morgan fingerprint density at radius 3 is 2.76 bits per heavy atom. The number of aliphatic hydroxyl groups is 1. The van der Waals surface area contributed by atoms with Crippen LogP contribution < -0.4 is 10.1 Å². The fourth-order valence-corrected chi connectivity index (χ4v) is 4.82. The molecule has 2 aromatic heterocycles. The third-order valence-corrected chi connectivity index (χ3v) is 7.09. The van der Waals surface area contributed by atoms with Crippen molar-refractivity contribution in [3.05, 3.63) is 41.3 Å². The fourth-order valence-electron chi connectivity index (χ4n) is 4.82. The molecule has 9 nitrogen and oxygen atoms in total. The summed E-state index contributed by atoms with van der Waals surface area (Å²) in [5.41, 5.74) is 4.50. The van der Waals surface area contributed by atoms with Gasteiger partial charge in [-0.15, -0.1) is 0 Å². The summed E-state index contributed by atoms with van der Waals surface area (Å²) in [7, 11) is 0. The summed E-state index contributed by atoms with van der Waals surface area (Å²) in [6.45, 7) is 5.87. The molecule has 3 atom stereocenters. The number of aromatic nitrogens is 3. The van der Waals surface area contributed by atoms with Crippen LogP contribution >= 0.6 is 0 Å². The number of fused-ring (bicyclic) bond motifs is 1. The summed E-state index contributed by atoms with van der Waals surface area (Å²) in [5.74, 6) is 0.375. The first kappa shape index (κ1) is 25.1. The number of ether oxygens (including phenoxy) is 1. The minimum Gasteiger partial charge on any atom is -0.493 e. The van der Waals surface area contributed by atoms with Gasteiger partial charge in [-0.25, -0.2) is 14.4 Å². The second-order valence-electron chi connectivity index (χ2n) is 10.2. The monoisotopic (exact) mass is 509 g/mol. The van der Waals surface area contributed by atoms with Crippen molar-refractivity contribution >= 4 is 22.8 Å². The Kier molecular flexibility index (Phi) is 6.85. The number of aryl methyl sites for hydroxylation is 2. The maximum atomic E-state index is 14.9. The smallest absolute Gasteiger partial charge is 0.255 e. The number of amides is 2. The van der Waals surface area contributed by atoms with E-state index in [1.165, 1.54) is 31.0 Å². The standard InChI is InChI=1S/C27H32FN5O4/c1-14-4-7-21(37-12-17-5-6-17)18(10-14)23-25-24(30-13-29-23)22(15(2)31-25)26(35)32-20-8-9-33(11-19(20)28)27(36)16(3)34/h4,7,10,13,16-17,19-20,31,34H,5-6,8-9,11-12H2,1-3H3,(H,32,35)/t16-,19-,20-/m0/s1. The molecule has 2 fully saturated rings. The van der Waals surface area contributed by atoms with Crippen LogP contribution in [0.4, 0.5) is 4.39 Å². The zero-order valence-corrected chi connectivity index (χ0v) is 21.3. The Morgan fingerprint density at radius 2 is 2.05 bits per heavy atom. The number of hydrogen-bond acceptors (Lipinski definition) is 6. The molecule has 37 heavy (non-hydrogen) atoms. The van der Waals surface area contributed by atoms with E-state index in [9.17, 15) is 19.1 Å². The van der Waals surface area contributed by atoms with E-state index < -0.39 is 30.1 Å². The third-order valence-electron chi connectivity index (χ3n) is 7.09. The average molecular weight is 510 g/mol. The third kappa shape index (κ3) is 5.16. The van der Waals surface area contributed by atoms with Crippen molar-refractivity contribution in [3.63, 3.8) is 0 Å². The Morgan fingerprint density at radius 1 is 1.27 bits per heavy atom. The number of rotatable bonds is 7. The molecular weight excluding hydrogens is 477 g/mol. The quantitative estimate of drug-likeness (QED) is 0.450. The minimum absolute atomic E-state index is 0.176. The maximum absolute atomic E-state index is 14.9. The van der Waals surface area contributed by atoms with Gasteiger partial charge in [-0.2, -0.15) is 0 Å². The highest BCUT2D eigenvalue weighted by Gasteiger charge is 2.34. The number of hydrogen-bond donors (Lipinski definition) is 3. The van der Waals surface area contributed by atoms with Gasteiger partial charge in [0.1, 0.15) is 35.6 Å². The predicted molar refractivity (Wildman–Crippen MR) is 136 cm³/mol. The molecule has 1 saturated heterocycles. The molecule has 0 radical (unpaired) electrons. The van der Waals surface area contributed by atoms with Gasteiger partial charge < -0.3 is 25.0 Å². The average Bonchev–Trinajstić information content (AvgIpc) is 3.63. The molecule has 0 unspecified atom stereocenters. The molecule has 0 spiro atoms. The van der Waals surface area contributed by atoms with Gasteiger partial charge in [-0.1, -0.05) is 11.6 Å². The SMILES string of the molecule is Cc1ccc(OCC2CC2)c(-c2ncnc3c(C(=O)N[C@H]4CCN(C(=O)[C@H](C)O)C[C@@H]4F)c(C)[nH]c23)c1. The number of carbonyl (C=O) groups is 2. The topological polar surface area (TPSA) is 120 Å². The number of halogens is 1. The highest BCUT2D eigenvalue weighted by Crippen LogP contribution is 2.37. The lowest BCUT2D eigenvalue weighted by Crippen LogP contribution is -2.55. The largest absolute Gasteiger partial charge is 0.493 e. The van der Waals surface area contributed by atoms with Crippen LogP contribution in [0.2, 0.25) is 0 Å². The van der Waals surface area contributed by atoms with E-state index in [1.807, 2.05) is 25.1 Å². The van der Waals surface area contributed by atoms with E-state index >= 15 is 0 Å². The highest BCUT2D eigenvalue weighted by molar-refractivity contribution is 6.09. The Labute approximate surface area is 214 Å². The molecule has 5 rings (SSSR count). The van der Waals surface area contributed by atoms with Gasteiger partial charge in [-0.3, -0.25) is 9.59 Å². The van der Waals surface area contributed by atoms with E-state index in [0.29, 0.717) is 40.5 Å². The molecule has 3 heterocycles. The molecule has 1 aliphatic heterocycles. The van der Waals surface area contributed by atoms with Gasteiger partial charge in [0.25, 0.3) is 11.8 Å². The number of aromatic amines is 1. The van der Waals surface area contributed by atoms with Crippen LogP contribution in [-0.4, -0.2) is 74.8 Å². The molecule has 3 aromatic rings. The molecule has 2 amide bonds. The lowest BCUT2D eigenvalue weighted by atomic mass is 10.0. The number of carbonyl (C=O) groups excluding carboxylic acids is 2. The number of H-pyrrole nitrogens is 1. The van der Waals surface area contributed by atoms with Crippen LogP contribution in [0.5, 0.6) is 5.75 Å². The second kappa shape index (κ2) is 10.1. The molecule has 196 valence electrons. The number of nitrogens with one attached hydrogen (secondary N) is 2. The normalized spacial score (nSPS) is 20.6. The van der Waals surface area contributed by atoms with E-state index in [-0.39, 0.29) is 19.5 Å². The zero-order chi connectivity index (χ0) is 26.3. The van der Waals surface area contributed by atoms with Gasteiger partial charge >= 0.3 is 0 Å². The van der Waals surface area contributed by atoms with Crippen molar-refractivity contribution in [3.8, 4) is 17.0 Å². The van der Waals surface area contributed by atoms with Crippen molar-refractivity contribution in [2.24, 2.45) is 5.92 Å². The predicted octanol–water partition coefficient (Wildman–Crippen LogP) is 3.08. The number of aliphatic hydroxyl groups excluding tert-OH is 1. The summed E-state index contributed by atoms with van der Waals surface area (Å²) < 4.78 is 21.0. The van der Waals surface area contributed by atoms with Crippen LogP contribution in [0.1, 0.15) is 47.8 Å². The first-order valence-electron chi connectivity index (χ1n) is 12.7. The van der Waals surface area contributed by atoms with Gasteiger partial charge in [0.15, 0.2) is 0 Å². The van der Waals surface area contributed by atoms with Crippen LogP contribution in [0.3, 0.4) is 0 Å². The van der Waals surface area contributed by atoms with E-state index in [1.54, 1.807) is 6.92 Å². The molecular formula is C27H32FN5O4. The summed E-state index contributed by atoms with van der Waals surface area (Å²) >= 11 is 0. The molecule has 1 saturated carbocycles. The number of benzene rings is 1. The van der Waals surface area contributed by atoms with Crippen molar-refractivity contribution in [1.29, 1.82) is 0 Å². The number of likely N-dealkylation sites (tertiary alicyclic amines) is 1. The summed E-state index contributed by atoms with van der Waals surface area (Å²) in [5, 5.41) is 12.3. The number of piperidine rings is 1. The molecule has 10 heteroatoms. The molecule has 1 aromatic carbocycles. The molecule has 2 aliphatic rings. The van der Waals surface area contributed by atoms with E-state index in [4.69, 9.17) is 4.74 Å². The van der Waals surface area contributed by atoms with Gasteiger partial charge in [0.05, 0.1) is 30.3 Å². The molecule has 1 aliphatic carbocycles. The minimum atomic E-state index is -1.45. The second-order valence-corrected chi connectivity index (χ2v) is 10.2. The first-order chi connectivity index (χ1) is 17.7. The van der Waals surface area contributed by atoms with Gasteiger partial charge in [-0.05, 0) is 58.1 Å². The number of nitrogens with zero attached hydrogens (tertiary/aromatic N) is 3. The van der Waals surface area contributed by atoms with Gasteiger partial charge in [0, 0.05) is 17.8 Å². The van der Waals surface area contributed by atoms with Crippen molar-refractivity contribution in [1.82, 2.24) is 25.2 Å². The van der Waals surface area contributed by atoms with Crippen molar-refractivity contribution < 1.29 is 23.8 Å². The Hall–Kier alpha value is -3.53. The lowest BCUT2D eigenvalue weighted by molar-refractivity contribution is -0.141. The van der Waals surface area contributed by atoms with Gasteiger partial charge in [0.2, 0.25) is 0 Å². The fraction of sp³-hybridized carbons (Fsp3) is 0.481. The molecule has 3 N–H and O–H groups in total. The summed E-state index contributed by atoms with van der Waals surface area (Å²) in [6, 6.07) is 5.20. The summed E-state index contributed by atoms with van der Waals surface area (Å²) in [4.78, 5) is 38.8. The lowest BCUT2D eigenvalue weighted by Gasteiger charge is -2.35. The highest BCUT2D eigenvalue weighted by atomic mass is 19.1. The van der Waals surface area contributed by atoms with Crippen LogP contribution in [0.25, 0.3) is 22.3 Å². The van der Waals surface area contributed by atoms with E-state index in [0.717, 1.165) is 16.9 Å². The number of alkyl halides is 1. The Bertz CT molecular complexity index is 1340. The first-order valence-corrected chi connectivity index (χ1v) is 12.7. The molecule has 0 bridgehead atoms.